The SMILES string of the molecule is CCCC(NC(=O)Nc1c(SC)cc(C)nc1SC)c1ccccc1CC. The Hall–Kier alpha value is -1.66. The van der Waals surface area contributed by atoms with Gasteiger partial charge in [0.15, 0.2) is 0 Å². The molecule has 0 bridgehead atoms. The van der Waals surface area contributed by atoms with Gasteiger partial charge in [0.1, 0.15) is 5.03 Å². The topological polar surface area (TPSA) is 54.0 Å². The van der Waals surface area contributed by atoms with Crippen LogP contribution in [0.2, 0.25) is 0 Å². The molecule has 2 N–H and O–H groups in total. The summed E-state index contributed by atoms with van der Waals surface area (Å²) in [6.45, 7) is 6.26. The van der Waals surface area contributed by atoms with Crippen LogP contribution in [0.3, 0.4) is 0 Å². The minimum Gasteiger partial charge on any atom is -0.331 e. The molecule has 146 valence electrons. The van der Waals surface area contributed by atoms with Crippen molar-refractivity contribution in [2.75, 3.05) is 17.8 Å². The van der Waals surface area contributed by atoms with Crippen molar-refractivity contribution in [2.45, 2.75) is 56.0 Å². The Morgan fingerprint density at radius 2 is 1.93 bits per heavy atom. The molecule has 27 heavy (non-hydrogen) atoms. The molecule has 0 saturated carbocycles. The fraction of sp³-hybridized carbons (Fsp3) is 0.429. The zero-order valence-electron chi connectivity index (χ0n) is 16.8. The highest BCUT2D eigenvalue weighted by atomic mass is 32.2. The first-order chi connectivity index (χ1) is 13.0. The molecule has 0 aliphatic heterocycles. The summed E-state index contributed by atoms with van der Waals surface area (Å²) in [4.78, 5) is 18.4. The van der Waals surface area contributed by atoms with E-state index in [1.54, 1.807) is 23.5 Å². The molecular weight excluding hydrogens is 374 g/mol. The van der Waals surface area contributed by atoms with Crippen LogP contribution in [0.5, 0.6) is 0 Å². The summed E-state index contributed by atoms with van der Waals surface area (Å²) in [5, 5.41) is 7.07. The number of thioether (sulfide) groups is 2. The zero-order valence-corrected chi connectivity index (χ0v) is 18.4. The van der Waals surface area contributed by atoms with Crippen LogP contribution in [-0.4, -0.2) is 23.5 Å². The highest BCUT2D eigenvalue weighted by Crippen LogP contribution is 2.33. The Labute approximate surface area is 171 Å². The molecule has 2 amide bonds. The number of amides is 2. The number of aromatic nitrogens is 1. The molecule has 0 aliphatic carbocycles. The minimum absolute atomic E-state index is 0.0000155. The van der Waals surface area contributed by atoms with Crippen LogP contribution in [0.25, 0.3) is 0 Å². The fourth-order valence-corrected chi connectivity index (χ4v) is 4.44. The van der Waals surface area contributed by atoms with E-state index in [0.717, 1.165) is 40.6 Å². The lowest BCUT2D eigenvalue weighted by Crippen LogP contribution is -2.33. The van der Waals surface area contributed by atoms with Gasteiger partial charge in [0.25, 0.3) is 0 Å². The number of rotatable bonds is 8. The van der Waals surface area contributed by atoms with Crippen LogP contribution in [0.15, 0.2) is 40.3 Å². The molecule has 1 unspecified atom stereocenters. The van der Waals surface area contributed by atoms with E-state index in [1.807, 2.05) is 31.6 Å². The van der Waals surface area contributed by atoms with Gasteiger partial charge in [-0.3, -0.25) is 0 Å². The lowest BCUT2D eigenvalue weighted by Gasteiger charge is -2.22. The quantitative estimate of drug-likeness (QED) is 0.526. The number of carbonyl (C=O) groups is 1. The smallest absolute Gasteiger partial charge is 0.319 e. The zero-order chi connectivity index (χ0) is 19.8. The highest BCUT2D eigenvalue weighted by Gasteiger charge is 2.19. The van der Waals surface area contributed by atoms with Gasteiger partial charge in [-0.2, -0.15) is 0 Å². The van der Waals surface area contributed by atoms with Crippen LogP contribution in [0, 0.1) is 6.92 Å². The minimum atomic E-state index is -0.185. The van der Waals surface area contributed by atoms with Crippen LogP contribution in [0.4, 0.5) is 10.5 Å². The summed E-state index contributed by atoms with van der Waals surface area (Å²) in [5.41, 5.74) is 4.23. The van der Waals surface area contributed by atoms with E-state index in [9.17, 15) is 4.79 Å². The number of benzene rings is 1. The molecule has 0 fully saturated rings. The second kappa shape index (κ2) is 10.6. The Kier molecular flexibility index (Phi) is 8.51. The summed E-state index contributed by atoms with van der Waals surface area (Å²) < 4.78 is 0. The molecule has 0 saturated heterocycles. The third kappa shape index (κ3) is 5.66. The van der Waals surface area contributed by atoms with Crippen molar-refractivity contribution in [1.29, 1.82) is 0 Å². The van der Waals surface area contributed by atoms with Crippen LogP contribution >= 0.6 is 23.5 Å². The van der Waals surface area contributed by atoms with Crippen molar-refractivity contribution in [3.05, 3.63) is 47.2 Å². The number of nitrogens with one attached hydrogen (secondary N) is 2. The molecule has 1 aromatic heterocycles. The number of carbonyl (C=O) groups excluding carboxylic acids is 1. The Morgan fingerprint density at radius 3 is 2.56 bits per heavy atom. The molecule has 4 nitrogen and oxygen atoms in total. The lowest BCUT2D eigenvalue weighted by atomic mass is 9.96. The third-order valence-corrected chi connectivity index (χ3v) is 5.87. The molecule has 1 aromatic carbocycles. The van der Waals surface area contributed by atoms with E-state index in [0.29, 0.717) is 0 Å². The molecule has 0 radical (unpaired) electrons. The van der Waals surface area contributed by atoms with Gasteiger partial charge < -0.3 is 10.6 Å². The lowest BCUT2D eigenvalue weighted by molar-refractivity contribution is 0.247. The van der Waals surface area contributed by atoms with Gasteiger partial charge in [0.05, 0.1) is 11.7 Å². The maximum absolute atomic E-state index is 12.8. The molecule has 1 heterocycles. The van der Waals surface area contributed by atoms with Gasteiger partial charge in [0.2, 0.25) is 0 Å². The van der Waals surface area contributed by atoms with E-state index in [2.05, 4.69) is 47.7 Å². The summed E-state index contributed by atoms with van der Waals surface area (Å²) in [5.74, 6) is 0. The average Bonchev–Trinajstić information content (AvgIpc) is 2.68. The maximum Gasteiger partial charge on any atom is 0.319 e. The van der Waals surface area contributed by atoms with Gasteiger partial charge in [-0.1, -0.05) is 44.5 Å². The van der Waals surface area contributed by atoms with Crippen molar-refractivity contribution < 1.29 is 4.79 Å². The first-order valence-corrected chi connectivity index (χ1v) is 11.7. The second-order valence-corrected chi connectivity index (χ2v) is 7.99. The van der Waals surface area contributed by atoms with Gasteiger partial charge in [-0.15, -0.1) is 23.5 Å². The first kappa shape index (κ1) is 21.6. The number of anilines is 1. The fourth-order valence-electron chi connectivity index (χ4n) is 3.14. The number of nitrogens with zero attached hydrogens (tertiary/aromatic N) is 1. The molecule has 6 heteroatoms. The highest BCUT2D eigenvalue weighted by molar-refractivity contribution is 7.99. The predicted octanol–water partition coefficient (Wildman–Crippen LogP) is 6.06. The van der Waals surface area contributed by atoms with Gasteiger partial charge in [-0.05, 0) is 49.5 Å². The Balaban J connectivity index is 2.25. The summed E-state index contributed by atoms with van der Waals surface area (Å²) in [6, 6.07) is 10.2. The van der Waals surface area contributed by atoms with Crippen molar-refractivity contribution >= 4 is 35.2 Å². The van der Waals surface area contributed by atoms with E-state index in [1.165, 1.54) is 11.1 Å². The van der Waals surface area contributed by atoms with E-state index < -0.39 is 0 Å². The average molecular weight is 404 g/mol. The molecule has 0 spiro atoms. The van der Waals surface area contributed by atoms with Gasteiger partial charge in [-0.25, -0.2) is 9.78 Å². The summed E-state index contributed by atoms with van der Waals surface area (Å²) >= 11 is 3.16. The van der Waals surface area contributed by atoms with Crippen molar-refractivity contribution in [3.63, 3.8) is 0 Å². The van der Waals surface area contributed by atoms with Crippen molar-refractivity contribution in [3.8, 4) is 0 Å². The largest absolute Gasteiger partial charge is 0.331 e. The second-order valence-electron chi connectivity index (χ2n) is 6.34. The summed E-state index contributed by atoms with van der Waals surface area (Å²) in [7, 11) is 0. The number of pyridine rings is 1. The van der Waals surface area contributed by atoms with Crippen molar-refractivity contribution in [1.82, 2.24) is 10.3 Å². The third-order valence-electron chi connectivity index (χ3n) is 4.42. The van der Waals surface area contributed by atoms with Gasteiger partial charge in [0, 0.05) is 10.6 Å². The van der Waals surface area contributed by atoms with Crippen LogP contribution in [0.1, 0.15) is 49.6 Å². The molecule has 2 rings (SSSR count). The maximum atomic E-state index is 12.8. The summed E-state index contributed by atoms with van der Waals surface area (Å²) in [6.07, 6.45) is 6.85. The van der Waals surface area contributed by atoms with Crippen LogP contribution < -0.4 is 10.6 Å². The molecule has 0 aliphatic rings. The van der Waals surface area contributed by atoms with Crippen molar-refractivity contribution in [2.24, 2.45) is 0 Å². The van der Waals surface area contributed by atoms with E-state index >= 15 is 0 Å². The first-order valence-electron chi connectivity index (χ1n) is 9.28. The Morgan fingerprint density at radius 1 is 1.19 bits per heavy atom. The number of hydrogen-bond acceptors (Lipinski definition) is 4. The van der Waals surface area contributed by atoms with Gasteiger partial charge >= 0.3 is 6.03 Å². The number of urea groups is 1. The van der Waals surface area contributed by atoms with E-state index in [4.69, 9.17) is 0 Å². The van der Waals surface area contributed by atoms with Crippen LogP contribution in [-0.2, 0) is 6.42 Å². The molecular formula is C21H29N3OS2. The number of aryl methyl sites for hydroxylation is 2. The normalized spacial score (nSPS) is 11.9. The standard InChI is InChI=1S/C21H29N3OS2/c1-6-10-17(16-12-9-8-11-15(16)7-2)23-21(25)24-19-18(26-4)13-14(3)22-20(19)27-5/h8-9,11-13,17H,6-7,10H2,1-5H3,(H2,23,24,25). The molecule has 1 atom stereocenters. The molecule has 2 aromatic rings. The predicted molar refractivity (Wildman–Crippen MR) is 118 cm³/mol. The van der Waals surface area contributed by atoms with E-state index in [-0.39, 0.29) is 12.1 Å². The Bertz CT molecular complexity index is 755. The monoisotopic (exact) mass is 403 g/mol. The number of hydrogen-bond donors (Lipinski definition) is 2.